The molecule has 0 saturated carbocycles. The van der Waals surface area contributed by atoms with E-state index in [1.807, 2.05) is 32.0 Å². The minimum atomic E-state index is -0.857. The Morgan fingerprint density at radius 2 is 2.17 bits per heavy atom. The zero-order chi connectivity index (χ0) is 13.9. The van der Waals surface area contributed by atoms with Crippen molar-refractivity contribution in [1.29, 1.82) is 0 Å². The maximum absolute atomic E-state index is 10.9. The van der Waals surface area contributed by atoms with Crippen molar-refractivity contribution in [2.75, 3.05) is 7.11 Å². The quantitative estimate of drug-likeness (QED) is 0.876. The van der Waals surface area contributed by atoms with E-state index in [4.69, 9.17) is 15.6 Å². The maximum Gasteiger partial charge on any atom is 0.303 e. The van der Waals surface area contributed by atoms with Gasteiger partial charge in [0.25, 0.3) is 0 Å². The minimum Gasteiger partial charge on any atom is -0.496 e. The Morgan fingerprint density at radius 1 is 1.56 bits per heavy atom. The lowest BCUT2D eigenvalue weighted by Crippen LogP contribution is -2.31. The molecular weight excluding hydrogens is 298 g/mol. The Bertz CT molecular complexity index is 446. The lowest BCUT2D eigenvalue weighted by atomic mass is 9.78. The molecule has 0 saturated heterocycles. The number of carboxylic acid groups (broad SMARTS) is 1. The van der Waals surface area contributed by atoms with Gasteiger partial charge in [-0.3, -0.25) is 4.79 Å². The fourth-order valence-corrected chi connectivity index (χ4v) is 2.25. The van der Waals surface area contributed by atoms with Gasteiger partial charge in [-0.25, -0.2) is 0 Å². The molecule has 0 aliphatic heterocycles. The van der Waals surface area contributed by atoms with Gasteiger partial charge in [0.05, 0.1) is 13.5 Å². The van der Waals surface area contributed by atoms with E-state index in [-0.39, 0.29) is 6.42 Å². The molecule has 0 fully saturated rings. The molecule has 0 aromatic heterocycles. The lowest BCUT2D eigenvalue weighted by Gasteiger charge is -2.31. The normalized spacial score (nSPS) is 13.2. The Labute approximate surface area is 115 Å². The van der Waals surface area contributed by atoms with Crippen molar-refractivity contribution in [1.82, 2.24) is 0 Å². The minimum absolute atomic E-state index is 0.00380. The molecule has 1 atom stereocenters. The van der Waals surface area contributed by atoms with E-state index in [0.29, 0.717) is 5.75 Å². The Morgan fingerprint density at radius 3 is 2.67 bits per heavy atom. The van der Waals surface area contributed by atoms with Gasteiger partial charge in [0, 0.05) is 16.1 Å². The third-order valence-electron chi connectivity index (χ3n) is 2.98. The molecule has 1 aromatic carbocycles. The fourth-order valence-electron chi connectivity index (χ4n) is 1.87. The topological polar surface area (TPSA) is 72.5 Å². The molecule has 18 heavy (non-hydrogen) atoms. The van der Waals surface area contributed by atoms with Gasteiger partial charge < -0.3 is 15.6 Å². The van der Waals surface area contributed by atoms with Gasteiger partial charge >= 0.3 is 5.97 Å². The second-order valence-corrected chi connectivity index (χ2v) is 5.84. The first-order valence-corrected chi connectivity index (χ1v) is 6.38. The van der Waals surface area contributed by atoms with E-state index >= 15 is 0 Å². The predicted octanol–water partition coefficient (Wildman–Crippen LogP) is 2.96. The van der Waals surface area contributed by atoms with E-state index in [9.17, 15) is 4.79 Å². The number of hydrogen-bond acceptors (Lipinski definition) is 3. The first kappa shape index (κ1) is 15.0. The number of ether oxygens (including phenoxy) is 1. The Hall–Kier alpha value is -1.07. The van der Waals surface area contributed by atoms with Crippen LogP contribution >= 0.6 is 15.9 Å². The summed E-state index contributed by atoms with van der Waals surface area (Å²) in [5.74, 6) is -0.187. The monoisotopic (exact) mass is 315 g/mol. The first-order valence-electron chi connectivity index (χ1n) is 5.58. The molecule has 5 heteroatoms. The number of nitrogens with two attached hydrogens (primary N) is 1. The number of aliphatic carboxylic acids is 1. The van der Waals surface area contributed by atoms with Crippen LogP contribution in [0.3, 0.4) is 0 Å². The summed E-state index contributed by atoms with van der Waals surface area (Å²) in [5.41, 5.74) is 6.45. The molecule has 1 rings (SSSR count). The highest BCUT2D eigenvalue weighted by atomic mass is 79.9. The molecular formula is C13H18BrNO3. The summed E-state index contributed by atoms with van der Waals surface area (Å²) < 4.78 is 6.16. The van der Waals surface area contributed by atoms with Gasteiger partial charge in [-0.1, -0.05) is 29.8 Å². The lowest BCUT2D eigenvalue weighted by molar-refractivity contribution is -0.139. The second-order valence-electron chi connectivity index (χ2n) is 4.92. The summed E-state index contributed by atoms with van der Waals surface area (Å²) in [6.45, 7) is 3.68. The van der Waals surface area contributed by atoms with Crippen molar-refractivity contribution in [3.8, 4) is 5.75 Å². The Balaban J connectivity index is 3.12. The third kappa shape index (κ3) is 3.46. The number of benzene rings is 1. The average molecular weight is 316 g/mol. The van der Waals surface area contributed by atoms with E-state index < -0.39 is 17.4 Å². The summed E-state index contributed by atoms with van der Waals surface area (Å²) in [5, 5.41) is 8.93. The van der Waals surface area contributed by atoms with Gasteiger partial charge in [0.15, 0.2) is 0 Å². The summed E-state index contributed by atoms with van der Waals surface area (Å²) in [4.78, 5) is 10.9. The van der Waals surface area contributed by atoms with Gasteiger partial charge in [0.1, 0.15) is 5.75 Å². The second kappa shape index (κ2) is 5.71. The summed E-state index contributed by atoms with van der Waals surface area (Å²) in [6, 6.07) is 5.13. The largest absolute Gasteiger partial charge is 0.496 e. The van der Waals surface area contributed by atoms with Crippen LogP contribution in [0.15, 0.2) is 22.7 Å². The molecule has 1 aromatic rings. The molecule has 0 aliphatic carbocycles. The predicted molar refractivity (Wildman–Crippen MR) is 73.7 cm³/mol. The first-order chi connectivity index (χ1) is 8.27. The van der Waals surface area contributed by atoms with Crippen LogP contribution in [-0.2, 0) is 4.79 Å². The molecule has 1 unspecified atom stereocenters. The van der Waals surface area contributed by atoms with Crippen LogP contribution in [0.5, 0.6) is 5.75 Å². The zero-order valence-electron chi connectivity index (χ0n) is 10.7. The number of hydrogen-bond donors (Lipinski definition) is 2. The summed E-state index contributed by atoms with van der Waals surface area (Å²) in [6.07, 6.45) is 0.00380. The zero-order valence-corrected chi connectivity index (χ0v) is 12.3. The maximum atomic E-state index is 10.9. The smallest absolute Gasteiger partial charge is 0.303 e. The molecule has 0 aliphatic rings. The third-order valence-corrected chi connectivity index (χ3v) is 3.47. The van der Waals surface area contributed by atoms with E-state index in [1.165, 1.54) is 0 Å². The highest BCUT2D eigenvalue weighted by Crippen LogP contribution is 2.39. The molecule has 100 valence electrons. The number of carboxylic acids is 1. The summed E-state index contributed by atoms with van der Waals surface area (Å²) in [7, 11) is 1.57. The SMILES string of the molecule is COc1ccc(Br)cc1C(N)C(C)(C)CC(=O)O. The van der Waals surface area contributed by atoms with Gasteiger partial charge in [-0.2, -0.15) is 0 Å². The van der Waals surface area contributed by atoms with Crippen LogP contribution in [0.2, 0.25) is 0 Å². The molecule has 0 bridgehead atoms. The number of rotatable bonds is 5. The van der Waals surface area contributed by atoms with Crippen molar-refractivity contribution < 1.29 is 14.6 Å². The fraction of sp³-hybridized carbons (Fsp3) is 0.462. The van der Waals surface area contributed by atoms with Crippen molar-refractivity contribution in [3.05, 3.63) is 28.2 Å². The van der Waals surface area contributed by atoms with Crippen LogP contribution in [0.25, 0.3) is 0 Å². The molecule has 3 N–H and O–H groups in total. The van der Waals surface area contributed by atoms with Gasteiger partial charge in [0.2, 0.25) is 0 Å². The molecule has 0 radical (unpaired) electrons. The highest BCUT2D eigenvalue weighted by molar-refractivity contribution is 9.10. The average Bonchev–Trinajstić information content (AvgIpc) is 2.26. The Kier molecular flexibility index (Phi) is 4.76. The van der Waals surface area contributed by atoms with Crippen molar-refractivity contribution in [3.63, 3.8) is 0 Å². The van der Waals surface area contributed by atoms with E-state index in [0.717, 1.165) is 10.0 Å². The van der Waals surface area contributed by atoms with Gasteiger partial charge in [-0.15, -0.1) is 0 Å². The van der Waals surface area contributed by atoms with E-state index in [1.54, 1.807) is 7.11 Å². The number of carbonyl (C=O) groups is 1. The van der Waals surface area contributed by atoms with Crippen LogP contribution < -0.4 is 10.5 Å². The highest BCUT2D eigenvalue weighted by Gasteiger charge is 2.32. The van der Waals surface area contributed by atoms with Gasteiger partial charge in [-0.05, 0) is 23.6 Å². The van der Waals surface area contributed by atoms with Crippen molar-refractivity contribution in [2.24, 2.45) is 11.1 Å². The molecule has 0 spiro atoms. The van der Waals surface area contributed by atoms with Crippen LogP contribution in [0.1, 0.15) is 31.9 Å². The van der Waals surface area contributed by atoms with E-state index in [2.05, 4.69) is 15.9 Å². The molecule has 0 heterocycles. The van der Waals surface area contributed by atoms with Crippen LogP contribution in [0.4, 0.5) is 0 Å². The molecule has 0 amide bonds. The number of halogens is 1. The van der Waals surface area contributed by atoms with Crippen molar-refractivity contribution in [2.45, 2.75) is 26.3 Å². The van der Waals surface area contributed by atoms with Crippen molar-refractivity contribution >= 4 is 21.9 Å². The van der Waals surface area contributed by atoms with Crippen LogP contribution in [0, 0.1) is 5.41 Å². The number of methoxy groups -OCH3 is 1. The standard InChI is InChI=1S/C13H18BrNO3/c1-13(2,7-11(16)17)12(15)9-6-8(14)4-5-10(9)18-3/h4-6,12H,7,15H2,1-3H3,(H,16,17). The molecule has 4 nitrogen and oxygen atoms in total. The van der Waals surface area contributed by atoms with Crippen LogP contribution in [-0.4, -0.2) is 18.2 Å². The summed E-state index contributed by atoms with van der Waals surface area (Å²) >= 11 is 3.38.